The molecule has 0 atom stereocenters. The average molecular weight is 187 g/mol. The molecule has 0 aliphatic carbocycles. The lowest BCUT2D eigenvalue weighted by Gasteiger charge is -2.11. The lowest BCUT2D eigenvalue weighted by Crippen LogP contribution is -2.39. The van der Waals surface area contributed by atoms with Crippen LogP contribution in [0, 0.1) is 0 Å². The van der Waals surface area contributed by atoms with Gasteiger partial charge in [0.1, 0.15) is 0 Å². The molecule has 3 N–H and O–H groups in total. The summed E-state index contributed by atoms with van der Waals surface area (Å²) in [6, 6.07) is 3.89. The first-order chi connectivity index (χ1) is 5.50. The van der Waals surface area contributed by atoms with Gasteiger partial charge in [-0.25, -0.2) is 0 Å². The minimum atomic E-state index is 0. The predicted molar refractivity (Wildman–Crippen MR) is 56.9 cm³/mol. The second kappa shape index (κ2) is 8.64. The van der Waals surface area contributed by atoms with Crippen molar-refractivity contribution in [2.24, 2.45) is 0 Å². The average Bonchev–Trinajstić information content (AvgIpc) is 2.64. The van der Waals surface area contributed by atoms with Gasteiger partial charge in [0.05, 0.1) is 0 Å². The van der Waals surface area contributed by atoms with E-state index in [9.17, 15) is 0 Å². The molecule has 0 aromatic carbocycles. The molecular weight excluding hydrogens is 170 g/mol. The second-order valence-electron chi connectivity index (χ2n) is 2.38. The van der Waals surface area contributed by atoms with E-state index in [1.54, 1.807) is 0 Å². The molecule has 0 amide bonds. The van der Waals surface area contributed by atoms with Gasteiger partial charge in [0.25, 0.3) is 0 Å². The van der Waals surface area contributed by atoms with Gasteiger partial charge in [-0.15, -0.1) is 0 Å². The Balaban J connectivity index is 0.000000189. The van der Waals surface area contributed by atoms with E-state index in [-0.39, 0.29) is 13.5 Å². The van der Waals surface area contributed by atoms with Gasteiger partial charge in [0.2, 0.25) is 0 Å². The number of hydrogen-bond donors (Lipinski definition) is 3. The van der Waals surface area contributed by atoms with Gasteiger partial charge >= 0.3 is 0 Å². The van der Waals surface area contributed by atoms with Gasteiger partial charge in [-0.2, -0.15) is 13.5 Å². The van der Waals surface area contributed by atoms with Crippen LogP contribution in [-0.4, -0.2) is 31.2 Å². The third-order valence-electron chi connectivity index (χ3n) is 1.45. The second-order valence-corrected chi connectivity index (χ2v) is 2.38. The van der Waals surface area contributed by atoms with E-state index in [0.29, 0.717) is 0 Å². The summed E-state index contributed by atoms with van der Waals surface area (Å²) < 4.78 is 0. The summed E-state index contributed by atoms with van der Waals surface area (Å²) in [5.74, 6) is 0. The highest BCUT2D eigenvalue weighted by atomic mass is 32.1. The van der Waals surface area contributed by atoms with E-state index < -0.39 is 0 Å². The zero-order valence-corrected chi connectivity index (χ0v) is 8.14. The Bertz CT molecular complexity index is 121. The van der Waals surface area contributed by atoms with Crippen LogP contribution in [0.15, 0.2) is 24.5 Å². The standard InChI is InChI=1S/C4H10N2.C4H5N.H2S/c1-2-6-4-3-5-1;1-2-4-5-3-1;/h5-6H,1-4H2;1-5H;1H2. The van der Waals surface area contributed by atoms with E-state index in [0.717, 1.165) is 26.2 Å². The molecule has 0 unspecified atom stereocenters. The Hall–Kier alpha value is -0.450. The molecule has 4 heteroatoms. The maximum Gasteiger partial charge on any atom is 0.00772 e. The largest absolute Gasteiger partial charge is 0.368 e. The monoisotopic (exact) mass is 187 g/mol. The Morgan fingerprint density at radius 1 is 0.750 bits per heavy atom. The van der Waals surface area contributed by atoms with Crippen molar-refractivity contribution in [2.75, 3.05) is 26.2 Å². The molecule has 2 rings (SSSR count). The fraction of sp³-hybridized carbons (Fsp3) is 0.500. The molecule has 0 bridgehead atoms. The molecule has 2 heterocycles. The van der Waals surface area contributed by atoms with Crippen molar-refractivity contribution >= 4 is 13.5 Å². The number of hydrogen-bond acceptors (Lipinski definition) is 2. The third kappa shape index (κ3) is 6.27. The Morgan fingerprint density at radius 2 is 1.17 bits per heavy atom. The molecule has 0 radical (unpaired) electrons. The number of aromatic amines is 1. The minimum Gasteiger partial charge on any atom is -0.368 e. The fourth-order valence-electron chi connectivity index (χ4n) is 0.881. The van der Waals surface area contributed by atoms with Gasteiger partial charge in [0, 0.05) is 38.6 Å². The van der Waals surface area contributed by atoms with Crippen LogP contribution in [0.25, 0.3) is 0 Å². The quantitative estimate of drug-likeness (QED) is 0.547. The summed E-state index contributed by atoms with van der Waals surface area (Å²) in [4.78, 5) is 2.86. The van der Waals surface area contributed by atoms with E-state index in [4.69, 9.17) is 0 Å². The molecule has 1 aromatic rings. The van der Waals surface area contributed by atoms with Gasteiger partial charge < -0.3 is 15.6 Å². The maximum absolute atomic E-state index is 3.22. The zero-order chi connectivity index (χ0) is 7.78. The van der Waals surface area contributed by atoms with Crippen molar-refractivity contribution in [1.82, 2.24) is 15.6 Å². The molecule has 0 spiro atoms. The zero-order valence-electron chi connectivity index (χ0n) is 7.14. The van der Waals surface area contributed by atoms with Gasteiger partial charge in [-0.3, -0.25) is 0 Å². The lowest BCUT2D eigenvalue weighted by atomic mass is 10.4. The van der Waals surface area contributed by atoms with Crippen molar-refractivity contribution in [1.29, 1.82) is 0 Å². The first kappa shape index (κ1) is 11.6. The summed E-state index contributed by atoms with van der Waals surface area (Å²) in [6.07, 6.45) is 3.75. The van der Waals surface area contributed by atoms with Crippen LogP contribution in [0.1, 0.15) is 0 Å². The van der Waals surface area contributed by atoms with Crippen LogP contribution in [-0.2, 0) is 0 Å². The van der Waals surface area contributed by atoms with Crippen molar-refractivity contribution in [2.45, 2.75) is 0 Å². The molecule has 1 saturated heterocycles. The first-order valence-electron chi connectivity index (χ1n) is 3.99. The Morgan fingerprint density at radius 3 is 1.33 bits per heavy atom. The molecule has 3 nitrogen and oxygen atoms in total. The number of H-pyrrole nitrogens is 1. The van der Waals surface area contributed by atoms with Crippen molar-refractivity contribution in [3.63, 3.8) is 0 Å². The number of piperazine rings is 1. The van der Waals surface area contributed by atoms with Crippen LogP contribution < -0.4 is 10.6 Å². The fourth-order valence-corrected chi connectivity index (χ4v) is 0.881. The summed E-state index contributed by atoms with van der Waals surface area (Å²) >= 11 is 0. The lowest BCUT2D eigenvalue weighted by molar-refractivity contribution is 0.534. The van der Waals surface area contributed by atoms with Crippen LogP contribution in [0.2, 0.25) is 0 Å². The first-order valence-corrected chi connectivity index (χ1v) is 3.99. The summed E-state index contributed by atoms with van der Waals surface area (Å²) in [7, 11) is 0. The molecule has 70 valence electrons. The number of aromatic nitrogens is 1. The third-order valence-corrected chi connectivity index (χ3v) is 1.45. The van der Waals surface area contributed by atoms with Crippen LogP contribution >= 0.6 is 13.5 Å². The Kier molecular flexibility index (Phi) is 8.32. The molecule has 1 aliphatic heterocycles. The van der Waals surface area contributed by atoms with Crippen LogP contribution in [0.4, 0.5) is 0 Å². The summed E-state index contributed by atoms with van der Waals surface area (Å²) in [5, 5.41) is 6.44. The van der Waals surface area contributed by atoms with Crippen molar-refractivity contribution in [3.8, 4) is 0 Å². The van der Waals surface area contributed by atoms with E-state index in [2.05, 4.69) is 15.6 Å². The van der Waals surface area contributed by atoms with Crippen LogP contribution in [0.3, 0.4) is 0 Å². The highest BCUT2D eigenvalue weighted by molar-refractivity contribution is 7.59. The molecular formula is C8H17N3S. The molecule has 1 aromatic heterocycles. The summed E-state index contributed by atoms with van der Waals surface area (Å²) in [5.41, 5.74) is 0. The highest BCUT2D eigenvalue weighted by Crippen LogP contribution is 1.72. The normalized spacial score (nSPS) is 15.3. The van der Waals surface area contributed by atoms with Gasteiger partial charge in [-0.1, -0.05) is 0 Å². The van der Waals surface area contributed by atoms with Crippen LogP contribution in [0.5, 0.6) is 0 Å². The maximum atomic E-state index is 3.22. The Labute approximate surface area is 80.4 Å². The van der Waals surface area contributed by atoms with Crippen molar-refractivity contribution < 1.29 is 0 Å². The van der Waals surface area contributed by atoms with Gasteiger partial charge in [0.15, 0.2) is 0 Å². The SMILES string of the molecule is C1CNCCN1.S.c1cc[nH]c1. The van der Waals surface area contributed by atoms with Gasteiger partial charge in [-0.05, 0) is 12.1 Å². The molecule has 1 aliphatic rings. The minimum absolute atomic E-state index is 0. The predicted octanol–water partition coefficient (Wildman–Crippen LogP) is 0.307. The molecule has 1 fully saturated rings. The van der Waals surface area contributed by atoms with E-state index in [1.165, 1.54) is 0 Å². The van der Waals surface area contributed by atoms with Crippen molar-refractivity contribution in [3.05, 3.63) is 24.5 Å². The molecule has 0 saturated carbocycles. The number of rotatable bonds is 0. The van der Waals surface area contributed by atoms with E-state index >= 15 is 0 Å². The number of nitrogens with one attached hydrogen (secondary N) is 3. The summed E-state index contributed by atoms with van der Waals surface area (Å²) in [6.45, 7) is 4.56. The highest BCUT2D eigenvalue weighted by Gasteiger charge is 1.91. The molecule has 12 heavy (non-hydrogen) atoms. The van der Waals surface area contributed by atoms with E-state index in [1.807, 2.05) is 24.5 Å². The topological polar surface area (TPSA) is 39.8 Å². The smallest absolute Gasteiger partial charge is 0.00772 e.